The maximum Gasteiger partial charge on any atom is 0.354 e. The molecule has 0 aliphatic rings. The van der Waals surface area contributed by atoms with Crippen LogP contribution >= 0.6 is 0 Å². The minimum absolute atomic E-state index is 0.0828. The van der Waals surface area contributed by atoms with Crippen molar-refractivity contribution in [3.8, 4) is 11.4 Å². The molecule has 0 amide bonds. The number of aromatic nitrogens is 5. The molecule has 3 rings (SSSR count). The maximum absolute atomic E-state index is 11.1. The second-order valence-corrected chi connectivity index (χ2v) is 3.92. The molecule has 0 atom stereocenters. The number of nitrogens with zero attached hydrogens (tertiary/aromatic N) is 5. The van der Waals surface area contributed by atoms with Gasteiger partial charge in [-0.2, -0.15) is 9.50 Å². The van der Waals surface area contributed by atoms with Crippen molar-refractivity contribution in [2.24, 2.45) is 0 Å². The van der Waals surface area contributed by atoms with Gasteiger partial charge in [-0.25, -0.2) is 9.78 Å². The fraction of sp³-hybridized carbons (Fsp3) is 0.0833. The summed E-state index contributed by atoms with van der Waals surface area (Å²) in [5.74, 6) is -0.342. The van der Waals surface area contributed by atoms with Gasteiger partial charge >= 0.3 is 5.97 Å². The summed E-state index contributed by atoms with van der Waals surface area (Å²) in [5.41, 5.74) is 1.08. The van der Waals surface area contributed by atoms with Gasteiger partial charge in [0.25, 0.3) is 5.78 Å². The molecule has 0 aliphatic heterocycles. The standard InChI is InChI=1S/C12H9N5O2/c1-7-14-12-15-9(11(18)19)6-10(17(12)16-7)8-4-2-3-5-13-8/h2-6H,1H3,(H,18,19). The maximum atomic E-state index is 11.1. The van der Waals surface area contributed by atoms with E-state index in [2.05, 4.69) is 20.1 Å². The summed E-state index contributed by atoms with van der Waals surface area (Å²) in [5, 5.41) is 13.3. The smallest absolute Gasteiger partial charge is 0.354 e. The fourth-order valence-electron chi connectivity index (χ4n) is 1.77. The first-order valence-corrected chi connectivity index (χ1v) is 5.54. The molecule has 94 valence electrons. The van der Waals surface area contributed by atoms with Gasteiger partial charge in [-0.05, 0) is 25.1 Å². The summed E-state index contributed by atoms with van der Waals surface area (Å²) in [7, 11) is 0. The lowest BCUT2D eigenvalue weighted by atomic mass is 10.2. The average Bonchev–Trinajstić information content (AvgIpc) is 2.78. The van der Waals surface area contributed by atoms with Crippen LogP contribution in [0.3, 0.4) is 0 Å². The monoisotopic (exact) mass is 255 g/mol. The van der Waals surface area contributed by atoms with E-state index in [1.165, 1.54) is 10.6 Å². The third-order valence-corrected chi connectivity index (χ3v) is 2.56. The number of fused-ring (bicyclic) bond motifs is 1. The van der Waals surface area contributed by atoms with Gasteiger partial charge < -0.3 is 5.11 Å². The molecule has 7 heteroatoms. The van der Waals surface area contributed by atoms with Gasteiger partial charge in [-0.15, -0.1) is 5.10 Å². The quantitative estimate of drug-likeness (QED) is 0.739. The van der Waals surface area contributed by atoms with Crippen molar-refractivity contribution in [2.75, 3.05) is 0 Å². The number of carbonyl (C=O) groups is 1. The van der Waals surface area contributed by atoms with Crippen molar-refractivity contribution >= 4 is 11.7 Å². The summed E-state index contributed by atoms with van der Waals surface area (Å²) in [6.07, 6.45) is 1.63. The Bertz CT molecular complexity index is 766. The van der Waals surface area contributed by atoms with Crippen LogP contribution < -0.4 is 0 Å². The number of pyridine rings is 1. The number of carboxylic acid groups (broad SMARTS) is 1. The Labute approximate surface area is 107 Å². The number of aromatic carboxylic acids is 1. The summed E-state index contributed by atoms with van der Waals surface area (Å²) in [6, 6.07) is 6.81. The molecular weight excluding hydrogens is 246 g/mol. The van der Waals surface area contributed by atoms with Crippen LogP contribution in [0.2, 0.25) is 0 Å². The van der Waals surface area contributed by atoms with E-state index in [4.69, 9.17) is 5.11 Å². The number of carboxylic acids is 1. The highest BCUT2D eigenvalue weighted by atomic mass is 16.4. The van der Waals surface area contributed by atoms with Gasteiger partial charge in [-0.3, -0.25) is 4.98 Å². The predicted octanol–water partition coefficient (Wildman–Crippen LogP) is 1.19. The number of aryl methyl sites for hydroxylation is 1. The summed E-state index contributed by atoms with van der Waals surface area (Å²) >= 11 is 0. The molecule has 0 unspecified atom stereocenters. The third kappa shape index (κ3) is 1.90. The first-order valence-electron chi connectivity index (χ1n) is 5.54. The molecule has 7 nitrogen and oxygen atoms in total. The minimum atomic E-state index is -1.11. The molecule has 19 heavy (non-hydrogen) atoms. The normalized spacial score (nSPS) is 10.8. The van der Waals surface area contributed by atoms with E-state index in [0.29, 0.717) is 17.2 Å². The molecule has 0 fully saturated rings. The SMILES string of the molecule is Cc1nc2nc(C(=O)O)cc(-c3ccccn3)n2n1. The Kier molecular flexibility index (Phi) is 2.45. The first kappa shape index (κ1) is 11.3. The topological polar surface area (TPSA) is 93.3 Å². The molecule has 0 aliphatic carbocycles. The highest BCUT2D eigenvalue weighted by Crippen LogP contribution is 2.18. The average molecular weight is 255 g/mol. The molecule has 0 bridgehead atoms. The van der Waals surface area contributed by atoms with Gasteiger partial charge in [0, 0.05) is 6.20 Å². The zero-order chi connectivity index (χ0) is 13.4. The molecule has 3 aromatic rings. The highest BCUT2D eigenvalue weighted by Gasteiger charge is 2.15. The number of rotatable bonds is 2. The van der Waals surface area contributed by atoms with Crippen molar-refractivity contribution in [1.82, 2.24) is 24.6 Å². The van der Waals surface area contributed by atoms with Crippen molar-refractivity contribution in [3.63, 3.8) is 0 Å². The molecule has 0 saturated heterocycles. The van der Waals surface area contributed by atoms with Crippen LogP contribution in [0.5, 0.6) is 0 Å². The van der Waals surface area contributed by atoms with Crippen LogP contribution in [0.25, 0.3) is 17.2 Å². The molecule has 3 aromatic heterocycles. The lowest BCUT2D eigenvalue weighted by Gasteiger charge is -2.04. The fourth-order valence-corrected chi connectivity index (χ4v) is 1.77. The molecule has 0 aromatic carbocycles. The van der Waals surface area contributed by atoms with Crippen LogP contribution in [0.15, 0.2) is 30.5 Å². The summed E-state index contributed by atoms with van der Waals surface area (Å²) < 4.78 is 1.49. The van der Waals surface area contributed by atoms with E-state index in [0.717, 1.165) is 0 Å². The summed E-state index contributed by atoms with van der Waals surface area (Å²) in [4.78, 5) is 23.3. The number of hydrogen-bond acceptors (Lipinski definition) is 5. The van der Waals surface area contributed by atoms with Gasteiger partial charge in [-0.1, -0.05) is 6.07 Å². The summed E-state index contributed by atoms with van der Waals surface area (Å²) in [6.45, 7) is 1.72. The van der Waals surface area contributed by atoms with Crippen LogP contribution in [-0.2, 0) is 0 Å². The van der Waals surface area contributed by atoms with E-state index in [1.807, 2.05) is 6.07 Å². The first-order chi connectivity index (χ1) is 9.15. The lowest BCUT2D eigenvalue weighted by molar-refractivity contribution is 0.0690. The lowest BCUT2D eigenvalue weighted by Crippen LogP contribution is -2.06. The van der Waals surface area contributed by atoms with Crippen molar-refractivity contribution in [1.29, 1.82) is 0 Å². The minimum Gasteiger partial charge on any atom is -0.477 e. The third-order valence-electron chi connectivity index (χ3n) is 2.56. The van der Waals surface area contributed by atoms with E-state index < -0.39 is 5.97 Å². The van der Waals surface area contributed by atoms with Gasteiger partial charge in [0.05, 0.1) is 11.4 Å². The Balaban J connectivity index is 2.35. The molecule has 3 heterocycles. The molecule has 0 radical (unpaired) electrons. The molecule has 1 N–H and O–H groups in total. The largest absolute Gasteiger partial charge is 0.477 e. The second-order valence-electron chi connectivity index (χ2n) is 3.92. The molecule has 0 saturated carbocycles. The van der Waals surface area contributed by atoms with E-state index in [-0.39, 0.29) is 11.5 Å². The van der Waals surface area contributed by atoms with Crippen LogP contribution in [-0.4, -0.2) is 35.6 Å². The van der Waals surface area contributed by atoms with E-state index >= 15 is 0 Å². The van der Waals surface area contributed by atoms with Crippen LogP contribution in [0, 0.1) is 6.92 Å². The van der Waals surface area contributed by atoms with Gasteiger partial charge in [0.15, 0.2) is 5.69 Å². The Morgan fingerprint density at radius 1 is 1.32 bits per heavy atom. The Hall–Kier alpha value is -2.83. The van der Waals surface area contributed by atoms with Crippen LogP contribution in [0.1, 0.15) is 16.3 Å². The van der Waals surface area contributed by atoms with Gasteiger partial charge in [0.1, 0.15) is 5.82 Å². The van der Waals surface area contributed by atoms with Crippen molar-refractivity contribution in [2.45, 2.75) is 6.92 Å². The van der Waals surface area contributed by atoms with E-state index in [9.17, 15) is 4.79 Å². The predicted molar refractivity (Wildman–Crippen MR) is 65.7 cm³/mol. The number of hydrogen-bond donors (Lipinski definition) is 1. The van der Waals surface area contributed by atoms with Crippen molar-refractivity contribution in [3.05, 3.63) is 42.0 Å². The Morgan fingerprint density at radius 3 is 2.84 bits per heavy atom. The zero-order valence-electron chi connectivity index (χ0n) is 9.98. The zero-order valence-corrected chi connectivity index (χ0v) is 9.98. The molecule has 0 spiro atoms. The molecular formula is C12H9N5O2. The van der Waals surface area contributed by atoms with Crippen LogP contribution in [0.4, 0.5) is 0 Å². The highest BCUT2D eigenvalue weighted by molar-refractivity contribution is 5.87. The van der Waals surface area contributed by atoms with E-state index in [1.54, 1.807) is 25.3 Å². The Morgan fingerprint density at radius 2 is 2.16 bits per heavy atom. The van der Waals surface area contributed by atoms with Gasteiger partial charge in [0.2, 0.25) is 0 Å². The van der Waals surface area contributed by atoms with Crippen molar-refractivity contribution < 1.29 is 9.90 Å². The second kappa shape index (κ2) is 4.13.